The number of carbonyl (C=O) groups excluding carboxylic acids is 3. The van der Waals surface area contributed by atoms with Gasteiger partial charge in [0.2, 0.25) is 5.91 Å². The van der Waals surface area contributed by atoms with Gasteiger partial charge in [0, 0.05) is 18.8 Å². The Kier molecular flexibility index (Phi) is 6.26. The predicted octanol–water partition coefficient (Wildman–Crippen LogP) is 1.02. The van der Waals surface area contributed by atoms with E-state index in [2.05, 4.69) is 15.4 Å². The third kappa shape index (κ3) is 5.39. The lowest BCUT2D eigenvalue weighted by Gasteiger charge is -2.08. The van der Waals surface area contributed by atoms with Crippen molar-refractivity contribution < 1.29 is 24.0 Å². The highest BCUT2D eigenvalue weighted by Gasteiger charge is 2.17. The minimum absolute atomic E-state index is 0.0102. The molecule has 0 unspecified atom stereocenters. The molecular weight excluding hydrogens is 356 g/mol. The molecule has 0 spiro atoms. The Morgan fingerprint density at radius 2 is 2.00 bits per heavy atom. The van der Waals surface area contributed by atoms with Crippen molar-refractivity contribution in [2.45, 2.75) is 6.42 Å². The average molecular weight is 374 g/mol. The van der Waals surface area contributed by atoms with Crippen molar-refractivity contribution in [3.05, 3.63) is 57.9 Å². The van der Waals surface area contributed by atoms with E-state index < -0.39 is 16.8 Å². The fourth-order valence-corrected chi connectivity index (χ4v) is 2.32. The molecule has 10 heteroatoms. The lowest BCUT2D eigenvalue weighted by Crippen LogP contribution is -2.31. The first-order chi connectivity index (χ1) is 12.8. The Morgan fingerprint density at radius 3 is 2.63 bits per heavy atom. The molecule has 0 radical (unpaired) electrons. The van der Waals surface area contributed by atoms with Crippen molar-refractivity contribution in [1.82, 2.24) is 9.88 Å². The number of hydrogen-bond donors (Lipinski definition) is 2. The van der Waals surface area contributed by atoms with E-state index in [0.717, 1.165) is 0 Å². The maximum absolute atomic E-state index is 12.3. The zero-order valence-corrected chi connectivity index (χ0v) is 14.7. The molecule has 0 atom stereocenters. The maximum atomic E-state index is 12.3. The summed E-state index contributed by atoms with van der Waals surface area (Å²) in [7, 11) is 2.76. The van der Waals surface area contributed by atoms with Crippen LogP contribution in [0.1, 0.15) is 16.1 Å². The fourth-order valence-electron chi connectivity index (χ4n) is 2.32. The normalized spacial score (nSPS) is 10.1. The zero-order chi connectivity index (χ0) is 20.0. The monoisotopic (exact) mass is 374 g/mol. The molecular formula is C17H18N4O6. The molecule has 1 aromatic carbocycles. The van der Waals surface area contributed by atoms with Crippen molar-refractivity contribution >= 4 is 29.2 Å². The molecule has 142 valence electrons. The van der Waals surface area contributed by atoms with Gasteiger partial charge in [-0.15, -0.1) is 0 Å². The zero-order valence-electron chi connectivity index (χ0n) is 14.7. The summed E-state index contributed by atoms with van der Waals surface area (Å²) in [5, 5.41) is 15.9. The Hall–Kier alpha value is -3.69. The van der Waals surface area contributed by atoms with E-state index in [1.807, 2.05) is 0 Å². The molecule has 2 amide bonds. The molecule has 2 rings (SSSR count). The van der Waals surface area contributed by atoms with Gasteiger partial charge in [0.1, 0.15) is 12.2 Å². The van der Waals surface area contributed by atoms with Crippen molar-refractivity contribution in [3.8, 4) is 0 Å². The molecule has 0 aliphatic rings. The van der Waals surface area contributed by atoms with Gasteiger partial charge < -0.3 is 19.9 Å². The van der Waals surface area contributed by atoms with Crippen molar-refractivity contribution in [1.29, 1.82) is 0 Å². The van der Waals surface area contributed by atoms with E-state index in [9.17, 15) is 24.5 Å². The van der Waals surface area contributed by atoms with E-state index >= 15 is 0 Å². The molecule has 0 aliphatic heterocycles. The first-order valence-electron chi connectivity index (χ1n) is 7.84. The van der Waals surface area contributed by atoms with Crippen LogP contribution < -0.4 is 10.6 Å². The summed E-state index contributed by atoms with van der Waals surface area (Å²) in [6, 6.07) is 7.77. The third-order valence-corrected chi connectivity index (χ3v) is 3.64. The first kappa shape index (κ1) is 19.6. The van der Waals surface area contributed by atoms with Crippen LogP contribution in [-0.2, 0) is 27.8 Å². The number of nitrogens with zero attached hydrogens (tertiary/aromatic N) is 2. The molecule has 0 aliphatic carbocycles. The molecule has 1 aromatic heterocycles. The van der Waals surface area contributed by atoms with E-state index in [0.29, 0.717) is 11.3 Å². The molecule has 0 bridgehead atoms. The Labute approximate surface area is 154 Å². The van der Waals surface area contributed by atoms with Crippen LogP contribution in [0.25, 0.3) is 0 Å². The Morgan fingerprint density at radius 1 is 1.26 bits per heavy atom. The number of ether oxygens (including phenoxy) is 1. The van der Waals surface area contributed by atoms with Gasteiger partial charge in [0.25, 0.3) is 11.6 Å². The number of rotatable bonds is 7. The third-order valence-electron chi connectivity index (χ3n) is 3.64. The van der Waals surface area contributed by atoms with Gasteiger partial charge in [-0.05, 0) is 17.7 Å². The predicted molar refractivity (Wildman–Crippen MR) is 95.2 cm³/mol. The van der Waals surface area contributed by atoms with Crippen LogP contribution in [0, 0.1) is 10.1 Å². The minimum atomic E-state index is -0.579. The van der Waals surface area contributed by atoms with Crippen LogP contribution in [0.3, 0.4) is 0 Å². The smallest absolute Gasteiger partial charge is 0.325 e. The number of benzene rings is 1. The number of anilines is 1. The molecule has 27 heavy (non-hydrogen) atoms. The number of aromatic nitrogens is 1. The second kappa shape index (κ2) is 8.61. The van der Waals surface area contributed by atoms with Crippen LogP contribution >= 0.6 is 0 Å². The maximum Gasteiger partial charge on any atom is 0.325 e. The minimum Gasteiger partial charge on any atom is -0.468 e. The quantitative estimate of drug-likeness (QED) is 0.422. The van der Waals surface area contributed by atoms with Crippen molar-refractivity contribution in [3.63, 3.8) is 0 Å². The molecule has 0 saturated heterocycles. The number of methoxy groups -OCH3 is 1. The Balaban J connectivity index is 2.03. The number of hydrogen-bond acceptors (Lipinski definition) is 6. The van der Waals surface area contributed by atoms with Crippen molar-refractivity contribution in [2.75, 3.05) is 19.0 Å². The van der Waals surface area contributed by atoms with E-state index in [4.69, 9.17) is 0 Å². The fraction of sp³-hybridized carbons (Fsp3) is 0.235. The first-order valence-corrected chi connectivity index (χ1v) is 7.84. The topological polar surface area (TPSA) is 133 Å². The number of nitro groups is 1. The van der Waals surface area contributed by atoms with Crippen LogP contribution in [0.15, 0.2) is 36.5 Å². The summed E-state index contributed by atoms with van der Waals surface area (Å²) in [5.41, 5.74) is 0.997. The van der Waals surface area contributed by atoms with Gasteiger partial charge in [0.15, 0.2) is 0 Å². The number of aryl methyl sites for hydroxylation is 1. The van der Waals surface area contributed by atoms with E-state index in [1.54, 1.807) is 24.3 Å². The summed E-state index contributed by atoms with van der Waals surface area (Å²) in [6.45, 7) is -0.224. The van der Waals surface area contributed by atoms with E-state index in [1.165, 1.54) is 31.0 Å². The van der Waals surface area contributed by atoms with Crippen LogP contribution in [0.5, 0.6) is 0 Å². The highest BCUT2D eigenvalue weighted by atomic mass is 16.6. The summed E-state index contributed by atoms with van der Waals surface area (Å²) >= 11 is 0. The van der Waals surface area contributed by atoms with Crippen molar-refractivity contribution in [2.24, 2.45) is 7.05 Å². The SMILES string of the molecule is COC(=O)CNC(=O)Cc1cccc(NC(=O)c2cc([N+](=O)[O-])cn2C)c1. The molecule has 2 N–H and O–H groups in total. The molecule has 10 nitrogen and oxygen atoms in total. The van der Waals surface area contributed by atoms with Gasteiger partial charge in [-0.25, -0.2) is 0 Å². The molecule has 0 saturated carbocycles. The molecule has 2 aromatic rings. The summed E-state index contributed by atoms with van der Waals surface area (Å²) < 4.78 is 5.80. The number of amides is 2. The second-order valence-electron chi connectivity index (χ2n) is 5.64. The molecule has 1 heterocycles. The lowest BCUT2D eigenvalue weighted by molar-refractivity contribution is -0.384. The van der Waals surface area contributed by atoms with Gasteiger partial charge in [-0.2, -0.15) is 0 Å². The number of esters is 1. The van der Waals surface area contributed by atoms with Gasteiger partial charge in [0.05, 0.1) is 24.7 Å². The average Bonchev–Trinajstić information content (AvgIpc) is 3.02. The number of nitrogens with one attached hydrogen (secondary N) is 2. The largest absolute Gasteiger partial charge is 0.468 e. The van der Waals surface area contributed by atoms with E-state index in [-0.39, 0.29) is 30.3 Å². The van der Waals surface area contributed by atoms with Crippen LogP contribution in [-0.4, -0.2) is 40.9 Å². The highest BCUT2D eigenvalue weighted by molar-refractivity contribution is 6.03. The Bertz CT molecular complexity index is 889. The standard InChI is InChI=1S/C17H18N4O6/c1-20-10-13(21(25)26)8-14(20)17(24)19-12-5-3-4-11(6-12)7-15(22)18-9-16(23)27-2/h3-6,8,10H,7,9H2,1-2H3,(H,18,22)(H,19,24). The van der Waals surface area contributed by atoms with Crippen LogP contribution in [0.2, 0.25) is 0 Å². The van der Waals surface area contributed by atoms with Gasteiger partial charge in [-0.3, -0.25) is 24.5 Å². The number of carbonyl (C=O) groups is 3. The summed E-state index contributed by atoms with van der Waals surface area (Å²) in [4.78, 5) is 45.4. The lowest BCUT2D eigenvalue weighted by atomic mass is 10.1. The summed E-state index contributed by atoms with van der Waals surface area (Å²) in [6.07, 6.45) is 1.26. The van der Waals surface area contributed by atoms with Gasteiger partial charge in [-0.1, -0.05) is 12.1 Å². The highest BCUT2D eigenvalue weighted by Crippen LogP contribution is 2.18. The van der Waals surface area contributed by atoms with Crippen LogP contribution in [0.4, 0.5) is 11.4 Å². The van der Waals surface area contributed by atoms with Gasteiger partial charge >= 0.3 is 5.97 Å². The molecule has 0 fully saturated rings. The summed E-state index contributed by atoms with van der Waals surface area (Å²) in [5.74, 6) is -1.44. The second-order valence-corrected chi connectivity index (χ2v) is 5.64.